The highest BCUT2D eigenvalue weighted by Crippen LogP contribution is 2.21. The monoisotopic (exact) mass is 296 g/mol. The van der Waals surface area contributed by atoms with Gasteiger partial charge >= 0.3 is 5.97 Å². The van der Waals surface area contributed by atoms with E-state index in [-0.39, 0.29) is 18.3 Å². The highest BCUT2D eigenvalue weighted by Gasteiger charge is 2.20. The maximum absolute atomic E-state index is 11.7. The smallest absolute Gasteiger partial charge is 0.307 e. The van der Waals surface area contributed by atoms with Gasteiger partial charge in [-0.2, -0.15) is 0 Å². The fraction of sp³-hybridized carbons (Fsp3) is 0.429. The molecule has 0 aliphatic carbocycles. The summed E-state index contributed by atoms with van der Waals surface area (Å²) < 4.78 is 4.66. The largest absolute Gasteiger partial charge is 0.469 e. The van der Waals surface area contributed by atoms with E-state index in [1.165, 1.54) is 7.11 Å². The van der Waals surface area contributed by atoms with Crippen LogP contribution in [0.25, 0.3) is 0 Å². The van der Waals surface area contributed by atoms with Gasteiger partial charge in [0.2, 0.25) is 5.91 Å². The molecule has 20 heavy (non-hydrogen) atoms. The molecule has 0 aliphatic heterocycles. The first-order chi connectivity index (χ1) is 9.47. The molecule has 1 amide bonds. The highest BCUT2D eigenvalue weighted by atomic mass is 32.2. The van der Waals surface area contributed by atoms with Crippen molar-refractivity contribution in [2.24, 2.45) is 5.73 Å². The topological polar surface area (TPSA) is 81.4 Å². The molecule has 0 saturated carbocycles. The quantitative estimate of drug-likeness (QED) is 0.614. The number of esters is 1. The van der Waals surface area contributed by atoms with Gasteiger partial charge in [0.15, 0.2) is 0 Å². The number of ether oxygens (including phenoxy) is 1. The van der Waals surface area contributed by atoms with E-state index in [0.717, 1.165) is 10.5 Å². The highest BCUT2D eigenvalue weighted by molar-refractivity contribution is 7.98. The predicted octanol–water partition coefficient (Wildman–Crippen LogP) is 1.48. The number of carbonyl (C=O) groups is 2. The lowest BCUT2D eigenvalue weighted by Gasteiger charge is -2.19. The van der Waals surface area contributed by atoms with Crippen LogP contribution < -0.4 is 11.1 Å². The number of hydrogen-bond donors (Lipinski definition) is 2. The minimum atomic E-state index is -0.624. The summed E-state index contributed by atoms with van der Waals surface area (Å²) in [7, 11) is 1.32. The van der Waals surface area contributed by atoms with Crippen molar-refractivity contribution in [1.82, 2.24) is 5.32 Å². The third kappa shape index (κ3) is 4.86. The van der Waals surface area contributed by atoms with Crippen LogP contribution in [0.1, 0.15) is 24.9 Å². The molecular formula is C14H20N2O3S. The number of carbonyl (C=O) groups excluding carboxylic acids is 2. The zero-order chi connectivity index (χ0) is 15.1. The first kappa shape index (κ1) is 16.5. The van der Waals surface area contributed by atoms with Crippen LogP contribution in [0.15, 0.2) is 29.2 Å². The number of methoxy groups -OCH3 is 1. The number of amides is 1. The van der Waals surface area contributed by atoms with Gasteiger partial charge in [0.1, 0.15) is 0 Å². The van der Waals surface area contributed by atoms with Crippen molar-refractivity contribution in [2.75, 3.05) is 13.4 Å². The summed E-state index contributed by atoms with van der Waals surface area (Å²) in [5.41, 5.74) is 6.39. The Kier molecular flexibility index (Phi) is 6.54. The van der Waals surface area contributed by atoms with Crippen LogP contribution in [-0.4, -0.2) is 31.3 Å². The van der Waals surface area contributed by atoms with Gasteiger partial charge in [-0.15, -0.1) is 11.8 Å². The molecule has 0 radical (unpaired) electrons. The first-order valence-electron chi connectivity index (χ1n) is 6.24. The average molecular weight is 296 g/mol. The minimum absolute atomic E-state index is 0.0770. The van der Waals surface area contributed by atoms with E-state index in [1.54, 1.807) is 18.7 Å². The maximum Gasteiger partial charge on any atom is 0.307 e. The number of thioether (sulfide) groups is 1. The summed E-state index contributed by atoms with van der Waals surface area (Å²) in [4.78, 5) is 24.3. The standard InChI is InChI=1S/C14H20N2O3S/c1-9(15)14(18)16-12(8-13(17)19-2)10-4-6-11(20-3)7-5-10/h4-7,9,12H,8,15H2,1-3H3,(H,16,18)/t9-,12?/m0/s1. The fourth-order valence-corrected chi connectivity index (χ4v) is 2.05. The molecule has 0 heterocycles. The molecule has 6 heteroatoms. The number of benzene rings is 1. The average Bonchev–Trinajstić information content (AvgIpc) is 2.46. The van der Waals surface area contributed by atoms with Crippen molar-refractivity contribution in [3.05, 3.63) is 29.8 Å². The number of nitrogens with one attached hydrogen (secondary N) is 1. The molecule has 3 N–H and O–H groups in total. The number of nitrogens with two attached hydrogens (primary N) is 1. The Labute approximate surface area is 123 Å². The first-order valence-corrected chi connectivity index (χ1v) is 7.47. The Morgan fingerprint density at radius 1 is 1.35 bits per heavy atom. The normalized spacial score (nSPS) is 13.4. The molecular weight excluding hydrogens is 276 g/mol. The Hall–Kier alpha value is -1.53. The maximum atomic E-state index is 11.7. The van der Waals surface area contributed by atoms with Gasteiger partial charge in [-0.3, -0.25) is 9.59 Å². The summed E-state index contributed by atoms with van der Waals surface area (Å²) in [5.74, 6) is -0.679. The van der Waals surface area contributed by atoms with Crippen molar-refractivity contribution in [2.45, 2.75) is 30.3 Å². The van der Waals surface area contributed by atoms with E-state index in [4.69, 9.17) is 5.73 Å². The van der Waals surface area contributed by atoms with Gasteiger partial charge in [-0.1, -0.05) is 12.1 Å². The second kappa shape index (κ2) is 7.91. The summed E-state index contributed by atoms with van der Waals surface area (Å²) in [5, 5.41) is 2.76. The molecule has 1 aromatic carbocycles. The van der Waals surface area contributed by atoms with Crippen molar-refractivity contribution in [1.29, 1.82) is 0 Å². The molecule has 5 nitrogen and oxygen atoms in total. The fourth-order valence-electron chi connectivity index (χ4n) is 1.64. The SMILES string of the molecule is COC(=O)CC(NC(=O)[C@H](C)N)c1ccc(SC)cc1. The van der Waals surface area contributed by atoms with Crippen molar-refractivity contribution < 1.29 is 14.3 Å². The van der Waals surface area contributed by atoms with Gasteiger partial charge in [-0.25, -0.2) is 0 Å². The van der Waals surface area contributed by atoms with Crippen LogP contribution in [-0.2, 0) is 14.3 Å². The Bertz CT molecular complexity index is 460. The van der Waals surface area contributed by atoms with E-state index >= 15 is 0 Å². The van der Waals surface area contributed by atoms with Crippen molar-refractivity contribution >= 4 is 23.6 Å². The van der Waals surface area contributed by atoms with Gasteiger partial charge in [0.25, 0.3) is 0 Å². The molecule has 0 bridgehead atoms. The molecule has 0 fully saturated rings. The lowest BCUT2D eigenvalue weighted by atomic mass is 10.0. The molecule has 2 atom stereocenters. The van der Waals surface area contributed by atoms with Crippen molar-refractivity contribution in [3.63, 3.8) is 0 Å². The molecule has 1 unspecified atom stereocenters. The summed E-state index contributed by atoms with van der Waals surface area (Å²) in [6, 6.07) is 6.62. The lowest BCUT2D eigenvalue weighted by Crippen LogP contribution is -2.41. The molecule has 1 aromatic rings. The molecule has 0 spiro atoms. The van der Waals surface area contributed by atoms with Gasteiger partial charge in [0, 0.05) is 4.90 Å². The zero-order valence-corrected chi connectivity index (χ0v) is 12.7. The summed E-state index contributed by atoms with van der Waals surface area (Å²) >= 11 is 1.63. The third-order valence-corrected chi connectivity index (χ3v) is 3.59. The number of rotatable bonds is 6. The number of hydrogen-bond acceptors (Lipinski definition) is 5. The van der Waals surface area contributed by atoms with Crippen LogP contribution in [0, 0.1) is 0 Å². The second-order valence-corrected chi connectivity index (χ2v) is 5.28. The molecule has 1 rings (SSSR count). The molecule has 0 aliphatic rings. The Balaban J connectivity index is 2.89. The lowest BCUT2D eigenvalue weighted by molar-refractivity contribution is -0.141. The van der Waals surface area contributed by atoms with Gasteiger partial charge in [-0.05, 0) is 30.9 Å². The van der Waals surface area contributed by atoms with Crippen LogP contribution in [0.4, 0.5) is 0 Å². The van der Waals surface area contributed by atoms with E-state index in [2.05, 4.69) is 10.1 Å². The van der Waals surface area contributed by atoms with E-state index in [1.807, 2.05) is 30.5 Å². The van der Waals surface area contributed by atoms with E-state index < -0.39 is 12.1 Å². The van der Waals surface area contributed by atoms with Crippen LogP contribution >= 0.6 is 11.8 Å². The molecule has 110 valence electrons. The van der Waals surface area contributed by atoms with Crippen LogP contribution in [0.3, 0.4) is 0 Å². The van der Waals surface area contributed by atoms with E-state index in [0.29, 0.717) is 0 Å². The Morgan fingerprint density at radius 2 is 1.95 bits per heavy atom. The van der Waals surface area contributed by atoms with Crippen LogP contribution in [0.5, 0.6) is 0 Å². The Morgan fingerprint density at radius 3 is 2.40 bits per heavy atom. The van der Waals surface area contributed by atoms with Crippen molar-refractivity contribution in [3.8, 4) is 0 Å². The predicted molar refractivity (Wildman–Crippen MR) is 79.4 cm³/mol. The van der Waals surface area contributed by atoms with Crippen LogP contribution in [0.2, 0.25) is 0 Å². The molecule has 0 aromatic heterocycles. The summed E-state index contributed by atoms with van der Waals surface area (Å²) in [6.07, 6.45) is 2.06. The molecule has 0 saturated heterocycles. The third-order valence-electron chi connectivity index (χ3n) is 2.85. The second-order valence-electron chi connectivity index (χ2n) is 4.40. The van der Waals surface area contributed by atoms with E-state index in [9.17, 15) is 9.59 Å². The van der Waals surface area contributed by atoms with Gasteiger partial charge in [0.05, 0.1) is 25.6 Å². The summed E-state index contributed by atoms with van der Waals surface area (Å²) in [6.45, 7) is 1.60. The minimum Gasteiger partial charge on any atom is -0.469 e. The van der Waals surface area contributed by atoms with Gasteiger partial charge < -0.3 is 15.8 Å². The zero-order valence-electron chi connectivity index (χ0n) is 11.9.